The highest BCUT2D eigenvalue weighted by Crippen LogP contribution is 2.42. The smallest absolute Gasteiger partial charge is 0.336 e. The second kappa shape index (κ2) is 7.90. The molecule has 158 valence electrons. The van der Waals surface area contributed by atoms with Crippen molar-refractivity contribution in [2.45, 2.75) is 68.2 Å². The summed E-state index contributed by atoms with van der Waals surface area (Å²) in [7, 11) is 0. The molecule has 2 fully saturated rings. The van der Waals surface area contributed by atoms with E-state index in [-0.39, 0.29) is 11.5 Å². The summed E-state index contributed by atoms with van der Waals surface area (Å²) < 4.78 is 69.9. The van der Waals surface area contributed by atoms with Crippen molar-refractivity contribution in [3.63, 3.8) is 0 Å². The van der Waals surface area contributed by atoms with Gasteiger partial charge < -0.3 is 5.32 Å². The minimum absolute atomic E-state index is 0.157. The van der Waals surface area contributed by atoms with E-state index >= 15 is 0 Å². The van der Waals surface area contributed by atoms with Crippen molar-refractivity contribution in [2.75, 3.05) is 0 Å². The van der Waals surface area contributed by atoms with E-state index in [1.54, 1.807) is 0 Å². The molecule has 0 saturated heterocycles. The zero-order valence-corrected chi connectivity index (χ0v) is 15.6. The topological polar surface area (TPSA) is 64.9 Å². The lowest BCUT2D eigenvalue weighted by Crippen LogP contribution is -2.53. The lowest BCUT2D eigenvalue weighted by atomic mass is 9.99. The number of nitrogens with zero attached hydrogens (tertiary/aromatic N) is 1. The van der Waals surface area contributed by atoms with Crippen LogP contribution in [0.5, 0.6) is 0 Å². The number of rotatable bonds is 9. The number of alkyl halides is 5. The Balaban J connectivity index is 1.82. The fourth-order valence-electron chi connectivity index (χ4n) is 3.29. The van der Waals surface area contributed by atoms with Gasteiger partial charge in [0.15, 0.2) is 0 Å². The van der Waals surface area contributed by atoms with Gasteiger partial charge in [-0.15, -0.1) is 0 Å². The maximum atomic E-state index is 14.4. The Morgan fingerprint density at radius 1 is 1.17 bits per heavy atom. The van der Waals surface area contributed by atoms with Crippen LogP contribution in [0.25, 0.3) is 0 Å². The number of hydrogen-bond donors (Lipinski definition) is 2. The summed E-state index contributed by atoms with van der Waals surface area (Å²) in [5.74, 6) is -4.45. The Bertz CT molecular complexity index is 767. The molecule has 2 saturated carbocycles. The summed E-state index contributed by atoms with van der Waals surface area (Å²) in [6.07, 6.45) is -4.29. The van der Waals surface area contributed by atoms with E-state index in [1.807, 2.05) is 6.07 Å². The molecular weight excluding hydrogens is 393 g/mol. The molecule has 0 aromatic heterocycles. The van der Waals surface area contributed by atoms with Gasteiger partial charge in [-0.05, 0) is 37.2 Å². The second-order valence-corrected chi connectivity index (χ2v) is 8.00. The number of carbonyl (C=O) groups is 1. The fraction of sp³-hybridized carbons (Fsp3) is 0.600. The zero-order valence-electron chi connectivity index (χ0n) is 15.6. The standard InChI is InChI=1S/C20H22F5N3O/c21-19(22,10-13-6-7-13)11-15(17(29)28-18(12-26)8-9-18)27-16(20(23,24)25)14-4-2-1-3-5-14/h1-5,13,15-16,27H,6-11H2,(H,28,29). The number of hydrogen-bond acceptors (Lipinski definition) is 3. The van der Waals surface area contributed by atoms with Crippen molar-refractivity contribution >= 4 is 5.91 Å². The van der Waals surface area contributed by atoms with Crippen molar-refractivity contribution < 1.29 is 26.7 Å². The first-order chi connectivity index (χ1) is 13.5. The summed E-state index contributed by atoms with van der Waals surface area (Å²) in [6.45, 7) is 0. The molecule has 29 heavy (non-hydrogen) atoms. The van der Waals surface area contributed by atoms with Crippen molar-refractivity contribution in [1.29, 1.82) is 5.26 Å². The third-order valence-corrected chi connectivity index (χ3v) is 5.26. The van der Waals surface area contributed by atoms with Crippen LogP contribution in [-0.4, -0.2) is 29.6 Å². The van der Waals surface area contributed by atoms with E-state index in [0.717, 1.165) is 0 Å². The SMILES string of the molecule is N#CC1(NC(=O)C(CC(F)(F)CC2CC2)NC(c2ccccc2)C(F)(F)F)CC1. The average Bonchev–Trinajstić information content (AvgIpc) is 3.56. The highest BCUT2D eigenvalue weighted by atomic mass is 19.4. The third-order valence-electron chi connectivity index (χ3n) is 5.26. The van der Waals surface area contributed by atoms with Crippen LogP contribution in [0.1, 0.15) is 50.1 Å². The molecule has 1 amide bonds. The minimum atomic E-state index is -4.79. The number of benzene rings is 1. The maximum Gasteiger partial charge on any atom is 0.407 e. The molecule has 2 aliphatic rings. The molecular formula is C20H22F5N3O. The average molecular weight is 415 g/mol. The molecule has 0 bridgehead atoms. The highest BCUT2D eigenvalue weighted by molar-refractivity contribution is 5.83. The van der Waals surface area contributed by atoms with E-state index in [1.165, 1.54) is 30.3 Å². The normalized spacial score (nSPS) is 20.4. The van der Waals surface area contributed by atoms with Gasteiger partial charge >= 0.3 is 6.18 Å². The van der Waals surface area contributed by atoms with Crippen LogP contribution in [0.2, 0.25) is 0 Å². The van der Waals surface area contributed by atoms with Crippen molar-refractivity contribution in [2.24, 2.45) is 5.92 Å². The van der Waals surface area contributed by atoms with Crippen LogP contribution in [0, 0.1) is 17.2 Å². The van der Waals surface area contributed by atoms with Crippen molar-refractivity contribution in [1.82, 2.24) is 10.6 Å². The van der Waals surface area contributed by atoms with Gasteiger partial charge in [-0.1, -0.05) is 30.3 Å². The van der Waals surface area contributed by atoms with E-state index in [9.17, 15) is 26.7 Å². The van der Waals surface area contributed by atoms with E-state index in [0.29, 0.717) is 25.7 Å². The Labute approximate surface area is 165 Å². The second-order valence-electron chi connectivity index (χ2n) is 8.00. The first-order valence-corrected chi connectivity index (χ1v) is 9.52. The Hall–Kier alpha value is -2.21. The van der Waals surface area contributed by atoms with Gasteiger partial charge in [0, 0.05) is 12.8 Å². The lowest BCUT2D eigenvalue weighted by molar-refractivity contribution is -0.163. The van der Waals surface area contributed by atoms with Crippen LogP contribution in [0.3, 0.4) is 0 Å². The monoisotopic (exact) mass is 415 g/mol. The molecule has 0 aliphatic heterocycles. The molecule has 2 atom stereocenters. The highest BCUT2D eigenvalue weighted by Gasteiger charge is 2.49. The van der Waals surface area contributed by atoms with E-state index in [2.05, 4.69) is 10.6 Å². The molecule has 1 aromatic carbocycles. The molecule has 2 unspecified atom stereocenters. The lowest BCUT2D eigenvalue weighted by Gasteiger charge is -2.30. The number of carbonyl (C=O) groups excluding carboxylic acids is 1. The third kappa shape index (κ3) is 5.89. The van der Waals surface area contributed by atoms with Crippen LogP contribution in [0.4, 0.5) is 22.0 Å². The van der Waals surface area contributed by atoms with Gasteiger partial charge in [0.2, 0.25) is 11.8 Å². The molecule has 2 aliphatic carbocycles. The summed E-state index contributed by atoms with van der Waals surface area (Å²) in [5.41, 5.74) is -1.34. The number of amides is 1. The Morgan fingerprint density at radius 2 is 1.79 bits per heavy atom. The summed E-state index contributed by atoms with van der Waals surface area (Å²) in [4.78, 5) is 12.6. The van der Waals surface area contributed by atoms with Crippen LogP contribution in [-0.2, 0) is 4.79 Å². The van der Waals surface area contributed by atoms with Crippen molar-refractivity contribution in [3.05, 3.63) is 35.9 Å². The van der Waals surface area contributed by atoms with Gasteiger partial charge in [-0.25, -0.2) is 8.78 Å². The Morgan fingerprint density at radius 3 is 2.28 bits per heavy atom. The quantitative estimate of drug-likeness (QED) is 0.593. The van der Waals surface area contributed by atoms with E-state index < -0.39 is 48.5 Å². The molecule has 4 nitrogen and oxygen atoms in total. The van der Waals surface area contributed by atoms with Gasteiger partial charge in [0.1, 0.15) is 11.6 Å². The zero-order chi connectivity index (χ0) is 21.3. The number of halogens is 5. The van der Waals surface area contributed by atoms with Gasteiger partial charge in [0.25, 0.3) is 0 Å². The van der Waals surface area contributed by atoms with Gasteiger partial charge in [-0.2, -0.15) is 18.4 Å². The van der Waals surface area contributed by atoms with Gasteiger partial charge in [-0.3, -0.25) is 10.1 Å². The minimum Gasteiger partial charge on any atom is -0.336 e. The first kappa shape index (κ1) is 21.5. The maximum absolute atomic E-state index is 14.4. The van der Waals surface area contributed by atoms with Gasteiger partial charge in [0.05, 0.1) is 12.1 Å². The Kier molecular flexibility index (Phi) is 5.86. The molecule has 1 aromatic rings. The molecule has 3 rings (SSSR count). The predicted octanol–water partition coefficient (Wildman–Crippen LogP) is 4.25. The largest absolute Gasteiger partial charge is 0.407 e. The summed E-state index contributed by atoms with van der Waals surface area (Å²) >= 11 is 0. The summed E-state index contributed by atoms with van der Waals surface area (Å²) in [6, 6.07) is 4.60. The number of nitrogens with one attached hydrogen (secondary N) is 2. The number of nitriles is 1. The van der Waals surface area contributed by atoms with Crippen LogP contribution >= 0.6 is 0 Å². The van der Waals surface area contributed by atoms with E-state index in [4.69, 9.17) is 5.26 Å². The predicted molar refractivity (Wildman–Crippen MR) is 94.8 cm³/mol. The molecule has 0 heterocycles. The molecule has 9 heteroatoms. The van der Waals surface area contributed by atoms with Crippen molar-refractivity contribution in [3.8, 4) is 6.07 Å². The first-order valence-electron chi connectivity index (χ1n) is 9.52. The fourth-order valence-corrected chi connectivity index (χ4v) is 3.29. The molecule has 0 radical (unpaired) electrons. The van der Waals surface area contributed by atoms with Crippen LogP contribution in [0.15, 0.2) is 30.3 Å². The molecule has 2 N–H and O–H groups in total. The molecule has 0 spiro atoms. The van der Waals surface area contributed by atoms with Crippen LogP contribution < -0.4 is 10.6 Å². The summed E-state index contributed by atoms with van der Waals surface area (Å²) in [5, 5.41) is 13.6.